The standard InChI is InChI=1S/C42H38F2N2O6/c1-19(2)31-27-15-21(5)33(39(49)35(27)29(37(47)41(31)51)17-45-25-11-7-23(43)8-12-25)34-22(6)16-28-32(20(3)4)42(52)38(48)30(36(28)40(34)50)18-46-26-13-9-24(44)10-14-26/h7-20,45-46,49-52H,1-6H3/b29-17-,30-18+. The number of allylic oxidation sites excluding steroid dienone is 4. The van der Waals surface area contributed by atoms with Gasteiger partial charge in [0.05, 0.1) is 11.1 Å². The van der Waals surface area contributed by atoms with Crippen LogP contribution in [0.15, 0.2) is 84.6 Å². The minimum absolute atomic E-state index is 0.0655. The first-order valence-electron chi connectivity index (χ1n) is 16.8. The fraction of sp³-hybridized carbons (Fsp3) is 0.190. The Labute approximate surface area is 299 Å². The Morgan fingerprint density at radius 2 is 0.885 bits per heavy atom. The third kappa shape index (κ3) is 6.00. The van der Waals surface area contributed by atoms with Crippen LogP contribution in [0.1, 0.15) is 61.1 Å². The van der Waals surface area contributed by atoms with Crippen LogP contribution in [-0.4, -0.2) is 32.0 Å². The molecule has 6 N–H and O–H groups in total. The maximum absolute atomic E-state index is 13.8. The average molecular weight is 705 g/mol. The maximum Gasteiger partial charge on any atom is 0.229 e. The molecule has 0 amide bonds. The first kappa shape index (κ1) is 35.7. The number of anilines is 2. The number of Topliss-reactive ketones (excluding diaryl/α,β-unsaturated/α-hetero) is 2. The number of halogens is 2. The van der Waals surface area contributed by atoms with Crippen LogP contribution in [0.5, 0.6) is 11.5 Å². The predicted octanol–water partition coefficient (Wildman–Crippen LogP) is 9.58. The lowest BCUT2D eigenvalue weighted by Gasteiger charge is -2.29. The fourth-order valence-electron chi connectivity index (χ4n) is 7.03. The summed E-state index contributed by atoms with van der Waals surface area (Å²) >= 11 is 0. The second-order valence-corrected chi connectivity index (χ2v) is 13.6. The summed E-state index contributed by atoms with van der Waals surface area (Å²) in [6.07, 6.45) is 2.67. The Hall–Kier alpha value is -6.16. The number of carbonyl (C=O) groups is 2. The number of nitrogens with one attached hydrogen (secondary N) is 2. The highest BCUT2D eigenvalue weighted by Gasteiger charge is 2.38. The molecule has 6 rings (SSSR count). The van der Waals surface area contributed by atoms with Crippen molar-refractivity contribution in [2.45, 2.75) is 41.5 Å². The number of phenolic OH excluding ortho intramolecular Hbond substituents is 2. The monoisotopic (exact) mass is 704 g/mol. The van der Waals surface area contributed by atoms with Gasteiger partial charge in [-0.15, -0.1) is 0 Å². The molecule has 10 heteroatoms. The van der Waals surface area contributed by atoms with E-state index < -0.39 is 34.7 Å². The molecule has 266 valence electrons. The maximum atomic E-state index is 13.8. The van der Waals surface area contributed by atoms with Gasteiger partial charge in [0.2, 0.25) is 11.6 Å². The number of ketones is 2. The summed E-state index contributed by atoms with van der Waals surface area (Å²) < 4.78 is 27.2. The minimum atomic E-state index is -0.743. The number of phenols is 2. The van der Waals surface area contributed by atoms with Crippen LogP contribution in [0.25, 0.3) is 33.4 Å². The van der Waals surface area contributed by atoms with Crippen molar-refractivity contribution in [1.29, 1.82) is 0 Å². The zero-order valence-corrected chi connectivity index (χ0v) is 29.4. The zero-order chi connectivity index (χ0) is 37.8. The fourth-order valence-corrected chi connectivity index (χ4v) is 7.03. The number of rotatable bonds is 7. The van der Waals surface area contributed by atoms with Crippen molar-refractivity contribution in [2.75, 3.05) is 10.6 Å². The molecule has 2 aliphatic rings. The number of fused-ring (bicyclic) bond motifs is 2. The van der Waals surface area contributed by atoms with Gasteiger partial charge in [-0.1, -0.05) is 39.8 Å². The smallest absolute Gasteiger partial charge is 0.229 e. The SMILES string of the molecule is Cc1cc2c(c(O)c1-c1c(C)cc3c(c1O)/C(=C\Nc1ccc(F)cc1)C(=O)C(O)=C3C(C)C)/C(=C/Nc1ccc(F)cc1)C(=O)C(O)=C2C(C)C. The molecular formula is C42H38F2N2O6. The lowest BCUT2D eigenvalue weighted by atomic mass is 9.75. The van der Waals surface area contributed by atoms with Gasteiger partial charge in [0, 0.05) is 57.2 Å². The van der Waals surface area contributed by atoms with Crippen molar-refractivity contribution in [1.82, 2.24) is 0 Å². The van der Waals surface area contributed by atoms with E-state index in [1.165, 1.54) is 60.9 Å². The van der Waals surface area contributed by atoms with E-state index >= 15 is 0 Å². The number of hydrogen-bond acceptors (Lipinski definition) is 8. The number of aromatic hydroxyl groups is 2. The molecule has 0 saturated heterocycles. The Bertz CT molecular complexity index is 2130. The number of aliphatic hydroxyl groups is 2. The van der Waals surface area contributed by atoms with Gasteiger partial charge in [-0.25, -0.2) is 8.78 Å². The summed E-state index contributed by atoms with van der Waals surface area (Å²) in [7, 11) is 0. The van der Waals surface area contributed by atoms with Gasteiger partial charge in [0.15, 0.2) is 11.5 Å². The lowest BCUT2D eigenvalue weighted by Crippen LogP contribution is -2.20. The quantitative estimate of drug-likeness (QED) is 0.105. The number of aliphatic hydroxyl groups excluding tert-OH is 2. The van der Waals surface area contributed by atoms with Crippen LogP contribution < -0.4 is 10.6 Å². The normalized spacial score (nSPS) is 16.0. The van der Waals surface area contributed by atoms with Gasteiger partial charge in [-0.05, 0) is 96.5 Å². The molecule has 0 bridgehead atoms. The molecule has 0 unspecified atom stereocenters. The van der Waals surface area contributed by atoms with Gasteiger partial charge in [0.1, 0.15) is 23.1 Å². The van der Waals surface area contributed by atoms with Gasteiger partial charge >= 0.3 is 0 Å². The lowest BCUT2D eigenvalue weighted by molar-refractivity contribution is -0.113. The Morgan fingerprint density at radius 1 is 0.558 bits per heavy atom. The predicted molar refractivity (Wildman–Crippen MR) is 199 cm³/mol. The summed E-state index contributed by atoms with van der Waals surface area (Å²) in [6.45, 7) is 10.7. The molecule has 0 spiro atoms. The summed E-state index contributed by atoms with van der Waals surface area (Å²) in [6, 6.07) is 14.3. The molecule has 0 saturated carbocycles. The van der Waals surface area contributed by atoms with Crippen LogP contribution in [0.4, 0.5) is 20.2 Å². The summed E-state index contributed by atoms with van der Waals surface area (Å²) in [4.78, 5) is 27.5. The minimum Gasteiger partial charge on any atom is -0.507 e. The first-order valence-corrected chi connectivity index (χ1v) is 16.8. The van der Waals surface area contributed by atoms with E-state index in [4.69, 9.17) is 0 Å². The number of hydrogen-bond donors (Lipinski definition) is 6. The highest BCUT2D eigenvalue weighted by atomic mass is 19.1. The molecule has 4 aromatic rings. The van der Waals surface area contributed by atoms with E-state index in [2.05, 4.69) is 10.6 Å². The van der Waals surface area contributed by atoms with Crippen molar-refractivity contribution < 1.29 is 38.8 Å². The van der Waals surface area contributed by atoms with Crippen LogP contribution >= 0.6 is 0 Å². The van der Waals surface area contributed by atoms with Crippen molar-refractivity contribution in [3.05, 3.63) is 130 Å². The molecule has 0 heterocycles. The summed E-state index contributed by atoms with van der Waals surface area (Å²) in [5.74, 6) is -4.66. The zero-order valence-electron chi connectivity index (χ0n) is 29.4. The van der Waals surface area contributed by atoms with Crippen molar-refractivity contribution in [3.63, 3.8) is 0 Å². The number of benzene rings is 4. The number of aryl methyl sites for hydroxylation is 2. The molecule has 0 aliphatic heterocycles. The van der Waals surface area contributed by atoms with E-state index in [1.54, 1.807) is 26.0 Å². The van der Waals surface area contributed by atoms with E-state index in [1.807, 2.05) is 27.7 Å². The van der Waals surface area contributed by atoms with E-state index in [-0.39, 0.29) is 56.7 Å². The molecular weight excluding hydrogens is 666 g/mol. The van der Waals surface area contributed by atoms with Crippen LogP contribution in [-0.2, 0) is 9.59 Å². The molecule has 0 fully saturated rings. The topological polar surface area (TPSA) is 139 Å². The second-order valence-electron chi connectivity index (χ2n) is 13.6. The molecule has 0 radical (unpaired) electrons. The largest absolute Gasteiger partial charge is 0.507 e. The number of carbonyl (C=O) groups excluding carboxylic acids is 2. The average Bonchev–Trinajstić information content (AvgIpc) is 3.08. The molecule has 2 aliphatic carbocycles. The highest BCUT2D eigenvalue weighted by Crippen LogP contribution is 2.53. The van der Waals surface area contributed by atoms with Crippen molar-refractivity contribution in [3.8, 4) is 22.6 Å². The Kier molecular flexibility index (Phi) is 9.27. The van der Waals surface area contributed by atoms with Crippen molar-refractivity contribution in [2.24, 2.45) is 11.8 Å². The first-order chi connectivity index (χ1) is 24.6. The van der Waals surface area contributed by atoms with Crippen LogP contribution in [0, 0.1) is 37.3 Å². The van der Waals surface area contributed by atoms with Gasteiger partial charge in [-0.3, -0.25) is 9.59 Å². The Morgan fingerprint density at radius 3 is 1.19 bits per heavy atom. The Balaban J connectivity index is 1.62. The summed E-state index contributed by atoms with van der Waals surface area (Å²) in [5.41, 5.74) is 3.87. The third-order valence-electron chi connectivity index (χ3n) is 9.40. The van der Waals surface area contributed by atoms with E-state index in [0.29, 0.717) is 44.8 Å². The third-order valence-corrected chi connectivity index (χ3v) is 9.40. The van der Waals surface area contributed by atoms with Crippen molar-refractivity contribution >= 4 is 45.2 Å². The molecule has 0 aromatic heterocycles. The molecule has 8 nitrogen and oxygen atoms in total. The molecule has 52 heavy (non-hydrogen) atoms. The molecule has 0 atom stereocenters. The van der Waals surface area contributed by atoms with Gasteiger partial charge in [-0.2, -0.15) is 0 Å². The van der Waals surface area contributed by atoms with E-state index in [0.717, 1.165) is 0 Å². The van der Waals surface area contributed by atoms with Crippen LogP contribution in [0.3, 0.4) is 0 Å². The van der Waals surface area contributed by atoms with Gasteiger partial charge in [0.25, 0.3) is 0 Å². The summed E-state index contributed by atoms with van der Waals surface area (Å²) in [5, 5.41) is 52.7. The van der Waals surface area contributed by atoms with Crippen LogP contribution in [0.2, 0.25) is 0 Å². The van der Waals surface area contributed by atoms with Gasteiger partial charge < -0.3 is 31.1 Å². The molecule has 4 aromatic carbocycles. The van der Waals surface area contributed by atoms with E-state index in [9.17, 15) is 38.8 Å². The highest BCUT2D eigenvalue weighted by molar-refractivity contribution is 6.35. The second kappa shape index (κ2) is 13.5.